The van der Waals surface area contributed by atoms with Crippen LogP contribution in [0.15, 0.2) is 21.3 Å². The molecule has 0 bridgehead atoms. The molecule has 0 radical (unpaired) electrons. The first-order chi connectivity index (χ1) is 14.4. The van der Waals surface area contributed by atoms with Gasteiger partial charge in [-0.1, -0.05) is 54.5 Å². The molecule has 0 saturated heterocycles. The van der Waals surface area contributed by atoms with Gasteiger partial charge in [-0.25, -0.2) is 4.79 Å². The number of fused-ring (bicyclic) bond motifs is 2. The van der Waals surface area contributed by atoms with Crippen molar-refractivity contribution in [2.75, 3.05) is 11.9 Å². The van der Waals surface area contributed by atoms with E-state index in [1.54, 1.807) is 6.07 Å². The number of hydrogen-bond donors (Lipinski definition) is 0. The van der Waals surface area contributed by atoms with Crippen molar-refractivity contribution in [2.24, 2.45) is 0 Å². The molecule has 2 aromatic rings. The van der Waals surface area contributed by atoms with E-state index >= 15 is 0 Å². The second-order valence-corrected chi connectivity index (χ2v) is 9.84. The molecule has 0 N–H and O–H groups in total. The van der Waals surface area contributed by atoms with Crippen molar-refractivity contribution in [3.05, 3.63) is 33.7 Å². The van der Waals surface area contributed by atoms with E-state index < -0.39 is 0 Å². The summed E-state index contributed by atoms with van der Waals surface area (Å²) < 4.78 is 18.1. The first kappa shape index (κ1) is 23.2. The predicted octanol–water partition coefficient (Wildman–Crippen LogP) is 7.10. The number of aryl methyl sites for hydroxylation is 2. The van der Waals surface area contributed by atoms with Crippen molar-refractivity contribution in [1.82, 2.24) is 0 Å². The van der Waals surface area contributed by atoms with Gasteiger partial charge in [0.25, 0.3) is 0 Å². The Balaban J connectivity index is 1.66. The average Bonchev–Trinajstić information content (AvgIpc) is 2.69. The minimum atomic E-state index is -0.347. The lowest BCUT2D eigenvalue weighted by atomic mass is 9.92. The Labute approximate surface area is 188 Å². The SMILES string of the molecule is Cc1cc(=O)oc2c(OCCCCCCCCCCBr)c3c(cc12)CCC(C)(C)O3. The van der Waals surface area contributed by atoms with Gasteiger partial charge in [-0.2, -0.15) is 0 Å². The van der Waals surface area contributed by atoms with Gasteiger partial charge >= 0.3 is 5.63 Å². The standard InChI is InChI=1S/C25H35BrO4/c1-18-16-21(27)29-23-20(18)17-19-12-13-25(2,3)30-22(19)24(23)28-15-11-9-7-5-4-6-8-10-14-26/h16-17H,4-15H2,1-3H3. The van der Waals surface area contributed by atoms with Crippen molar-refractivity contribution >= 4 is 26.9 Å². The maximum atomic E-state index is 12.0. The van der Waals surface area contributed by atoms with Gasteiger partial charge in [0.2, 0.25) is 5.75 Å². The summed E-state index contributed by atoms with van der Waals surface area (Å²) in [5, 5.41) is 2.05. The topological polar surface area (TPSA) is 48.7 Å². The zero-order valence-corrected chi connectivity index (χ0v) is 20.2. The smallest absolute Gasteiger partial charge is 0.336 e. The van der Waals surface area contributed by atoms with Crippen molar-refractivity contribution in [3.63, 3.8) is 0 Å². The summed E-state index contributed by atoms with van der Waals surface area (Å²) in [4.78, 5) is 12.0. The molecule has 0 spiro atoms. The third kappa shape index (κ3) is 6.03. The molecule has 166 valence electrons. The van der Waals surface area contributed by atoms with E-state index in [1.165, 1.54) is 38.5 Å². The minimum Gasteiger partial charge on any atom is -0.486 e. The molecule has 30 heavy (non-hydrogen) atoms. The van der Waals surface area contributed by atoms with E-state index in [0.29, 0.717) is 17.9 Å². The highest BCUT2D eigenvalue weighted by atomic mass is 79.9. The average molecular weight is 479 g/mol. The molecule has 0 unspecified atom stereocenters. The fourth-order valence-corrected chi connectivity index (χ4v) is 4.48. The zero-order chi connectivity index (χ0) is 21.6. The summed E-state index contributed by atoms with van der Waals surface area (Å²) >= 11 is 3.48. The quantitative estimate of drug-likeness (QED) is 0.196. The van der Waals surface area contributed by atoms with Crippen LogP contribution in [-0.4, -0.2) is 17.5 Å². The summed E-state index contributed by atoms with van der Waals surface area (Å²) in [6, 6.07) is 3.64. The number of alkyl halides is 1. The molecule has 4 nitrogen and oxygen atoms in total. The monoisotopic (exact) mass is 478 g/mol. The van der Waals surface area contributed by atoms with Crippen LogP contribution in [0, 0.1) is 6.92 Å². The third-order valence-corrected chi connectivity index (χ3v) is 6.44. The van der Waals surface area contributed by atoms with Gasteiger partial charge < -0.3 is 13.9 Å². The van der Waals surface area contributed by atoms with Gasteiger partial charge in [0.1, 0.15) is 5.60 Å². The van der Waals surface area contributed by atoms with E-state index in [2.05, 4.69) is 35.8 Å². The molecule has 1 aliphatic rings. The Kier molecular flexibility index (Phi) is 8.27. The van der Waals surface area contributed by atoms with Crippen LogP contribution >= 0.6 is 15.9 Å². The lowest BCUT2D eigenvalue weighted by molar-refractivity contribution is 0.0791. The molecule has 5 heteroatoms. The van der Waals surface area contributed by atoms with Crippen LogP contribution in [0.1, 0.15) is 82.8 Å². The summed E-state index contributed by atoms with van der Waals surface area (Å²) in [6.07, 6.45) is 11.8. The van der Waals surface area contributed by atoms with Crippen molar-refractivity contribution in [2.45, 2.75) is 90.6 Å². The van der Waals surface area contributed by atoms with E-state index in [1.807, 2.05) is 6.92 Å². The molecule has 2 heterocycles. The lowest BCUT2D eigenvalue weighted by Crippen LogP contribution is -2.33. The zero-order valence-electron chi connectivity index (χ0n) is 18.7. The van der Waals surface area contributed by atoms with Crippen LogP contribution in [-0.2, 0) is 6.42 Å². The van der Waals surface area contributed by atoms with Crippen molar-refractivity contribution < 1.29 is 13.9 Å². The molecule has 0 fully saturated rings. The number of rotatable bonds is 11. The summed E-state index contributed by atoms with van der Waals surface area (Å²) in [7, 11) is 0. The molecule has 1 aromatic carbocycles. The lowest BCUT2D eigenvalue weighted by Gasteiger charge is -2.33. The second-order valence-electron chi connectivity index (χ2n) is 9.05. The minimum absolute atomic E-state index is 0.252. The Morgan fingerprint density at radius 3 is 2.40 bits per heavy atom. The van der Waals surface area contributed by atoms with Crippen LogP contribution in [0.2, 0.25) is 0 Å². The van der Waals surface area contributed by atoms with Crippen LogP contribution < -0.4 is 15.1 Å². The highest BCUT2D eigenvalue weighted by Gasteiger charge is 2.31. The molecule has 0 atom stereocenters. The number of unbranched alkanes of at least 4 members (excludes halogenated alkanes) is 7. The molecule has 0 aliphatic carbocycles. The molecular weight excluding hydrogens is 444 g/mol. The van der Waals surface area contributed by atoms with E-state index in [9.17, 15) is 4.79 Å². The Hall–Kier alpha value is -1.49. The summed E-state index contributed by atoms with van der Waals surface area (Å²) in [6.45, 7) is 6.74. The number of hydrogen-bond acceptors (Lipinski definition) is 4. The second kappa shape index (κ2) is 10.7. The first-order valence-electron chi connectivity index (χ1n) is 11.4. The Morgan fingerprint density at radius 1 is 1.03 bits per heavy atom. The largest absolute Gasteiger partial charge is 0.486 e. The highest BCUT2D eigenvalue weighted by molar-refractivity contribution is 9.09. The maximum Gasteiger partial charge on any atom is 0.336 e. The fourth-order valence-electron chi connectivity index (χ4n) is 4.08. The third-order valence-electron chi connectivity index (χ3n) is 5.88. The van der Waals surface area contributed by atoms with Gasteiger partial charge in [-0.3, -0.25) is 0 Å². The molecule has 0 saturated carbocycles. The van der Waals surface area contributed by atoms with Crippen LogP contribution in [0.5, 0.6) is 11.5 Å². The molecule has 1 aromatic heterocycles. The van der Waals surface area contributed by atoms with Crippen molar-refractivity contribution in [1.29, 1.82) is 0 Å². The number of halogens is 1. The van der Waals surface area contributed by atoms with E-state index in [0.717, 1.165) is 53.3 Å². The summed E-state index contributed by atoms with van der Waals surface area (Å²) in [5.74, 6) is 1.35. The van der Waals surface area contributed by atoms with E-state index in [4.69, 9.17) is 13.9 Å². The van der Waals surface area contributed by atoms with Gasteiger partial charge in [0, 0.05) is 16.8 Å². The molecule has 1 aliphatic heterocycles. The van der Waals surface area contributed by atoms with E-state index in [-0.39, 0.29) is 11.2 Å². The summed E-state index contributed by atoms with van der Waals surface area (Å²) in [5.41, 5.74) is 1.97. The fraction of sp³-hybridized carbons (Fsp3) is 0.640. The van der Waals surface area contributed by atoms with Gasteiger partial charge in [-0.05, 0) is 63.6 Å². The number of ether oxygens (including phenoxy) is 2. The number of benzene rings is 1. The maximum absolute atomic E-state index is 12.0. The molecular formula is C25H35BrO4. The Morgan fingerprint density at radius 2 is 1.70 bits per heavy atom. The normalized spacial score (nSPS) is 15.1. The van der Waals surface area contributed by atoms with Crippen LogP contribution in [0.25, 0.3) is 11.0 Å². The van der Waals surface area contributed by atoms with Gasteiger partial charge in [-0.15, -0.1) is 0 Å². The highest BCUT2D eigenvalue weighted by Crippen LogP contribution is 2.45. The molecule has 3 rings (SSSR count). The Bertz CT molecular complexity index is 900. The van der Waals surface area contributed by atoms with Gasteiger partial charge in [0.15, 0.2) is 11.3 Å². The van der Waals surface area contributed by atoms with Gasteiger partial charge in [0.05, 0.1) is 6.61 Å². The van der Waals surface area contributed by atoms with Crippen LogP contribution in [0.3, 0.4) is 0 Å². The predicted molar refractivity (Wildman–Crippen MR) is 126 cm³/mol. The van der Waals surface area contributed by atoms with Crippen molar-refractivity contribution in [3.8, 4) is 11.5 Å². The molecule has 0 amide bonds. The van der Waals surface area contributed by atoms with Crippen LogP contribution in [0.4, 0.5) is 0 Å². The first-order valence-corrected chi connectivity index (χ1v) is 12.5.